The van der Waals surface area contributed by atoms with Crippen LogP contribution in [0.3, 0.4) is 0 Å². The Morgan fingerprint density at radius 3 is 2.55 bits per heavy atom. The SMILES string of the molecule is CC(=O)c1cccn(CCN2CC(C(F)(F)F)C2)c1=O. The van der Waals surface area contributed by atoms with Crippen LogP contribution in [0.1, 0.15) is 17.3 Å². The van der Waals surface area contributed by atoms with Gasteiger partial charge in [0.2, 0.25) is 0 Å². The fourth-order valence-corrected chi connectivity index (χ4v) is 2.19. The van der Waals surface area contributed by atoms with Gasteiger partial charge in [-0.2, -0.15) is 13.2 Å². The first-order chi connectivity index (χ1) is 9.29. The number of likely N-dealkylation sites (tertiary alicyclic amines) is 1. The van der Waals surface area contributed by atoms with E-state index >= 15 is 0 Å². The molecular weight excluding hydrogens is 273 g/mol. The fraction of sp³-hybridized carbons (Fsp3) is 0.538. The van der Waals surface area contributed by atoms with Crippen molar-refractivity contribution in [2.24, 2.45) is 5.92 Å². The molecule has 2 heterocycles. The van der Waals surface area contributed by atoms with Crippen LogP contribution < -0.4 is 5.56 Å². The first kappa shape index (κ1) is 14.8. The second-order valence-corrected chi connectivity index (χ2v) is 4.97. The lowest BCUT2D eigenvalue weighted by Crippen LogP contribution is -2.54. The molecule has 1 aromatic heterocycles. The van der Waals surface area contributed by atoms with Gasteiger partial charge in [0.25, 0.3) is 5.56 Å². The Labute approximate surface area is 113 Å². The quantitative estimate of drug-likeness (QED) is 0.789. The number of halogens is 3. The van der Waals surface area contributed by atoms with E-state index in [9.17, 15) is 22.8 Å². The molecule has 0 saturated carbocycles. The molecule has 0 N–H and O–H groups in total. The van der Waals surface area contributed by atoms with Gasteiger partial charge in [0, 0.05) is 32.4 Å². The van der Waals surface area contributed by atoms with E-state index in [1.54, 1.807) is 11.0 Å². The Bertz CT molecular complexity index is 559. The predicted octanol–water partition coefficient (Wildman–Crippen LogP) is 1.55. The van der Waals surface area contributed by atoms with Crippen LogP contribution in [0.15, 0.2) is 23.1 Å². The average Bonchev–Trinajstić information content (AvgIpc) is 2.26. The molecule has 0 unspecified atom stereocenters. The number of pyridine rings is 1. The van der Waals surface area contributed by atoms with Crippen LogP contribution in [0.4, 0.5) is 13.2 Å². The molecule has 110 valence electrons. The highest BCUT2D eigenvalue weighted by molar-refractivity contribution is 5.93. The van der Waals surface area contributed by atoms with E-state index in [2.05, 4.69) is 0 Å². The zero-order chi connectivity index (χ0) is 14.9. The van der Waals surface area contributed by atoms with E-state index in [-0.39, 0.29) is 31.0 Å². The molecule has 0 aliphatic carbocycles. The molecule has 0 atom stereocenters. The minimum absolute atomic E-state index is 0.0232. The van der Waals surface area contributed by atoms with E-state index in [0.717, 1.165) is 0 Å². The second-order valence-electron chi connectivity index (χ2n) is 4.97. The summed E-state index contributed by atoms with van der Waals surface area (Å²) in [6.45, 7) is 1.91. The van der Waals surface area contributed by atoms with Crippen molar-refractivity contribution in [1.29, 1.82) is 0 Å². The zero-order valence-electron chi connectivity index (χ0n) is 11.0. The van der Waals surface area contributed by atoms with Gasteiger partial charge in [0.15, 0.2) is 5.78 Å². The number of Topliss-reactive ketones (excluding diaryl/α,β-unsaturated/α-hetero) is 1. The zero-order valence-corrected chi connectivity index (χ0v) is 11.0. The van der Waals surface area contributed by atoms with Crippen molar-refractivity contribution in [2.75, 3.05) is 19.6 Å². The lowest BCUT2D eigenvalue weighted by molar-refractivity contribution is -0.209. The highest BCUT2D eigenvalue weighted by Crippen LogP contribution is 2.33. The average molecular weight is 288 g/mol. The lowest BCUT2D eigenvalue weighted by atomic mass is 10.00. The van der Waals surface area contributed by atoms with Gasteiger partial charge in [0.1, 0.15) is 0 Å². The molecule has 1 saturated heterocycles. The second kappa shape index (κ2) is 5.40. The summed E-state index contributed by atoms with van der Waals surface area (Å²) in [6.07, 6.45) is -2.60. The Balaban J connectivity index is 1.92. The molecule has 7 heteroatoms. The summed E-state index contributed by atoms with van der Waals surface area (Å²) < 4.78 is 38.3. The van der Waals surface area contributed by atoms with Crippen LogP contribution in [-0.4, -0.2) is 41.1 Å². The molecule has 2 rings (SSSR count). The molecule has 20 heavy (non-hydrogen) atoms. The van der Waals surface area contributed by atoms with E-state index in [4.69, 9.17) is 0 Å². The van der Waals surface area contributed by atoms with E-state index in [1.165, 1.54) is 23.8 Å². The predicted molar refractivity (Wildman–Crippen MR) is 66.7 cm³/mol. The summed E-state index contributed by atoms with van der Waals surface area (Å²) in [6, 6.07) is 3.04. The smallest absolute Gasteiger partial charge is 0.314 e. The van der Waals surface area contributed by atoms with E-state index in [1.807, 2.05) is 0 Å². The van der Waals surface area contributed by atoms with Crippen molar-refractivity contribution in [3.8, 4) is 0 Å². The Hall–Kier alpha value is -1.63. The monoisotopic (exact) mass is 288 g/mol. The lowest BCUT2D eigenvalue weighted by Gasteiger charge is -2.40. The van der Waals surface area contributed by atoms with Gasteiger partial charge >= 0.3 is 6.18 Å². The molecule has 1 fully saturated rings. The molecule has 0 bridgehead atoms. The topological polar surface area (TPSA) is 42.3 Å². The molecule has 0 radical (unpaired) electrons. The van der Waals surface area contributed by atoms with Gasteiger partial charge in [-0.15, -0.1) is 0 Å². The van der Waals surface area contributed by atoms with Crippen molar-refractivity contribution >= 4 is 5.78 Å². The summed E-state index contributed by atoms with van der Waals surface area (Å²) in [4.78, 5) is 24.8. The first-order valence-electron chi connectivity index (χ1n) is 6.28. The van der Waals surface area contributed by atoms with Crippen LogP contribution in [0.25, 0.3) is 0 Å². The first-order valence-corrected chi connectivity index (χ1v) is 6.28. The minimum Gasteiger partial charge on any atom is -0.314 e. The van der Waals surface area contributed by atoms with Crippen molar-refractivity contribution < 1.29 is 18.0 Å². The molecule has 0 amide bonds. The number of ketones is 1. The fourth-order valence-electron chi connectivity index (χ4n) is 2.19. The summed E-state index contributed by atoms with van der Waals surface area (Å²) in [5.74, 6) is -1.58. The Morgan fingerprint density at radius 1 is 1.35 bits per heavy atom. The number of hydrogen-bond donors (Lipinski definition) is 0. The number of alkyl halides is 3. The van der Waals surface area contributed by atoms with Crippen LogP contribution in [0.2, 0.25) is 0 Å². The van der Waals surface area contributed by atoms with Gasteiger partial charge in [0.05, 0.1) is 11.5 Å². The van der Waals surface area contributed by atoms with Crippen molar-refractivity contribution in [2.45, 2.75) is 19.6 Å². The number of hydrogen-bond acceptors (Lipinski definition) is 3. The molecule has 0 spiro atoms. The molecule has 1 aromatic rings. The van der Waals surface area contributed by atoms with Crippen LogP contribution in [0.5, 0.6) is 0 Å². The highest BCUT2D eigenvalue weighted by atomic mass is 19.4. The summed E-state index contributed by atoms with van der Waals surface area (Å²) in [7, 11) is 0. The normalized spacial score (nSPS) is 17.0. The Morgan fingerprint density at radius 2 is 2.00 bits per heavy atom. The van der Waals surface area contributed by atoms with E-state index < -0.39 is 17.7 Å². The number of carbonyl (C=O) groups excluding carboxylic acids is 1. The maximum Gasteiger partial charge on any atom is 0.394 e. The number of rotatable bonds is 4. The summed E-state index contributed by atoms with van der Waals surface area (Å²) in [5, 5.41) is 0. The van der Waals surface area contributed by atoms with Crippen molar-refractivity contribution in [3.05, 3.63) is 34.2 Å². The number of aromatic nitrogens is 1. The highest BCUT2D eigenvalue weighted by Gasteiger charge is 2.46. The van der Waals surface area contributed by atoms with Gasteiger partial charge in [-0.1, -0.05) is 0 Å². The van der Waals surface area contributed by atoms with Gasteiger partial charge in [-0.3, -0.25) is 9.59 Å². The molecular formula is C13H15F3N2O2. The van der Waals surface area contributed by atoms with Crippen LogP contribution in [0, 0.1) is 5.92 Å². The number of nitrogens with zero attached hydrogens (tertiary/aromatic N) is 2. The largest absolute Gasteiger partial charge is 0.394 e. The summed E-state index contributed by atoms with van der Waals surface area (Å²) >= 11 is 0. The summed E-state index contributed by atoms with van der Waals surface area (Å²) in [5.41, 5.74) is -0.294. The molecule has 4 nitrogen and oxygen atoms in total. The maximum atomic E-state index is 12.3. The number of carbonyl (C=O) groups is 1. The van der Waals surface area contributed by atoms with Crippen LogP contribution in [-0.2, 0) is 6.54 Å². The van der Waals surface area contributed by atoms with Crippen molar-refractivity contribution in [3.63, 3.8) is 0 Å². The molecule has 0 aromatic carbocycles. The molecule has 1 aliphatic rings. The van der Waals surface area contributed by atoms with Crippen molar-refractivity contribution in [1.82, 2.24) is 9.47 Å². The third-order valence-electron chi connectivity index (χ3n) is 3.48. The maximum absolute atomic E-state index is 12.3. The Kier molecular flexibility index (Phi) is 3.99. The third kappa shape index (κ3) is 3.09. The van der Waals surface area contributed by atoms with Gasteiger partial charge in [-0.05, 0) is 19.1 Å². The third-order valence-corrected chi connectivity index (χ3v) is 3.48. The van der Waals surface area contributed by atoms with E-state index in [0.29, 0.717) is 6.54 Å². The van der Waals surface area contributed by atoms with Gasteiger partial charge < -0.3 is 9.47 Å². The minimum atomic E-state index is -4.14. The van der Waals surface area contributed by atoms with Crippen LogP contribution >= 0.6 is 0 Å². The van der Waals surface area contributed by atoms with Gasteiger partial charge in [-0.25, -0.2) is 0 Å². The molecule has 1 aliphatic heterocycles. The standard InChI is InChI=1S/C13H15F3N2O2/c1-9(19)11-3-2-4-18(12(11)20)6-5-17-7-10(8-17)13(14,15)16/h2-4,10H,5-8H2,1H3.